The number of para-hydroxylation sites is 1. The number of likely N-dealkylation sites (tertiary alicyclic amines) is 1. The first-order valence-electron chi connectivity index (χ1n) is 17.2. The molecule has 5 rings (SSSR count). The molecular weight excluding hydrogens is 622 g/mol. The third-order valence-corrected chi connectivity index (χ3v) is 8.90. The Hall–Kier alpha value is -4.55. The Bertz CT molecular complexity index is 1720. The van der Waals surface area contributed by atoms with Crippen molar-refractivity contribution in [1.82, 2.24) is 20.5 Å². The lowest BCUT2D eigenvalue weighted by Gasteiger charge is -2.31. The summed E-state index contributed by atoms with van der Waals surface area (Å²) in [6.45, 7) is 4.66. The number of benzene rings is 3. The van der Waals surface area contributed by atoms with Gasteiger partial charge in [0, 0.05) is 56.2 Å². The summed E-state index contributed by atoms with van der Waals surface area (Å²) in [4.78, 5) is 41.6. The molecule has 1 amide bonds. The van der Waals surface area contributed by atoms with Crippen LogP contribution in [0.1, 0.15) is 50.2 Å². The van der Waals surface area contributed by atoms with Crippen LogP contribution in [0.25, 0.3) is 22.0 Å². The number of pyridine rings is 1. The first-order chi connectivity index (χ1) is 23.9. The SMILES string of the molecule is O=C(CCCCCNC[C@H](O)c1ccc(O)c2[nH]c(=O)ccc12)CNCCN1CCC(OC(=O)Nc2ccccc2-c2ccccc2)CC1. The van der Waals surface area contributed by atoms with Crippen molar-refractivity contribution in [1.29, 1.82) is 0 Å². The zero-order chi connectivity index (χ0) is 34.4. The molecule has 1 fully saturated rings. The van der Waals surface area contributed by atoms with E-state index in [1.807, 2.05) is 54.6 Å². The molecule has 1 atom stereocenters. The van der Waals surface area contributed by atoms with Crippen LogP contribution in [0.4, 0.5) is 10.5 Å². The predicted molar refractivity (Wildman–Crippen MR) is 192 cm³/mol. The van der Waals surface area contributed by atoms with E-state index in [0.717, 1.165) is 75.1 Å². The number of nitrogens with one attached hydrogen (secondary N) is 4. The lowest BCUT2D eigenvalue weighted by molar-refractivity contribution is -0.118. The minimum atomic E-state index is -0.790. The number of hydrogen-bond donors (Lipinski definition) is 6. The summed E-state index contributed by atoms with van der Waals surface area (Å²) in [6.07, 6.45) is 3.35. The van der Waals surface area contributed by atoms with Crippen molar-refractivity contribution in [2.75, 3.05) is 51.1 Å². The number of hydrogen-bond acceptors (Lipinski definition) is 9. The number of carbonyl (C=O) groups excluding carboxylic acids is 2. The number of Topliss-reactive ketones (excluding diaryl/α,β-unsaturated/α-hetero) is 1. The summed E-state index contributed by atoms with van der Waals surface area (Å²) in [6, 6.07) is 23.8. The van der Waals surface area contributed by atoms with Gasteiger partial charge in [0.2, 0.25) is 5.56 Å². The van der Waals surface area contributed by atoms with Crippen LogP contribution in [0.2, 0.25) is 0 Å². The maximum absolute atomic E-state index is 12.7. The molecule has 4 aromatic rings. The van der Waals surface area contributed by atoms with E-state index < -0.39 is 12.2 Å². The van der Waals surface area contributed by atoms with Crippen molar-refractivity contribution < 1.29 is 24.5 Å². The highest BCUT2D eigenvalue weighted by Gasteiger charge is 2.22. The second-order valence-corrected chi connectivity index (χ2v) is 12.5. The summed E-state index contributed by atoms with van der Waals surface area (Å²) in [5.41, 5.74) is 3.34. The van der Waals surface area contributed by atoms with Gasteiger partial charge in [-0.15, -0.1) is 0 Å². The van der Waals surface area contributed by atoms with E-state index in [4.69, 9.17) is 4.74 Å². The number of carbonyl (C=O) groups is 2. The first-order valence-corrected chi connectivity index (χ1v) is 17.2. The fraction of sp³-hybridized carbons (Fsp3) is 0.395. The molecule has 0 bridgehead atoms. The number of anilines is 1. The lowest BCUT2D eigenvalue weighted by atomic mass is 10.0. The van der Waals surface area contributed by atoms with Crippen LogP contribution < -0.4 is 21.5 Å². The van der Waals surface area contributed by atoms with Gasteiger partial charge in [-0.2, -0.15) is 0 Å². The number of aromatic nitrogens is 1. The standard InChI is InChI=1S/C38H47N5O6/c44-28(11-5-2-8-20-39-26-35(46)31-14-16-34(45)37-32(31)15-17-36(47)42-37)25-40-21-24-43-22-18-29(19-23-43)49-38(48)41-33-13-7-6-12-30(33)27-9-3-1-4-10-27/h1,3-4,6-7,9-10,12-17,29,35,39-40,45-46H,2,5,8,11,18-26H2,(H,41,48)(H,42,47)/t35-/m0/s1. The molecule has 49 heavy (non-hydrogen) atoms. The maximum atomic E-state index is 12.7. The number of nitrogens with zero attached hydrogens (tertiary/aromatic N) is 1. The summed E-state index contributed by atoms with van der Waals surface area (Å²) >= 11 is 0. The predicted octanol–water partition coefficient (Wildman–Crippen LogP) is 4.96. The number of unbranched alkanes of at least 4 members (excludes halogenated alkanes) is 2. The van der Waals surface area contributed by atoms with Crippen molar-refractivity contribution in [2.24, 2.45) is 0 Å². The first kappa shape index (κ1) is 35.7. The quantitative estimate of drug-likeness (QED) is 0.0857. The Morgan fingerprint density at radius 3 is 2.49 bits per heavy atom. The molecule has 6 N–H and O–H groups in total. The van der Waals surface area contributed by atoms with Gasteiger partial charge in [-0.3, -0.25) is 14.9 Å². The van der Waals surface area contributed by atoms with Crippen molar-refractivity contribution in [2.45, 2.75) is 50.7 Å². The molecule has 0 saturated carbocycles. The fourth-order valence-electron chi connectivity index (χ4n) is 6.20. The van der Waals surface area contributed by atoms with Crippen LogP contribution >= 0.6 is 0 Å². The molecule has 0 unspecified atom stereocenters. The Kier molecular flexibility index (Phi) is 13.3. The zero-order valence-electron chi connectivity index (χ0n) is 27.8. The van der Waals surface area contributed by atoms with Crippen molar-refractivity contribution in [3.63, 3.8) is 0 Å². The van der Waals surface area contributed by atoms with Gasteiger partial charge in [-0.1, -0.05) is 61.0 Å². The number of phenols is 1. The number of ether oxygens (including phenoxy) is 1. The van der Waals surface area contributed by atoms with E-state index in [2.05, 4.69) is 25.8 Å². The van der Waals surface area contributed by atoms with Crippen LogP contribution in [-0.2, 0) is 9.53 Å². The van der Waals surface area contributed by atoms with E-state index in [0.29, 0.717) is 42.5 Å². The summed E-state index contributed by atoms with van der Waals surface area (Å²) < 4.78 is 5.74. The highest BCUT2D eigenvalue weighted by molar-refractivity contribution is 5.91. The third kappa shape index (κ3) is 10.7. The van der Waals surface area contributed by atoms with Crippen LogP contribution in [0, 0.1) is 0 Å². The topological polar surface area (TPSA) is 156 Å². The van der Waals surface area contributed by atoms with Gasteiger partial charge in [0.25, 0.3) is 0 Å². The van der Waals surface area contributed by atoms with Gasteiger partial charge in [-0.05, 0) is 61.6 Å². The molecule has 1 aliphatic heterocycles. The average Bonchev–Trinajstić information content (AvgIpc) is 3.11. The van der Waals surface area contributed by atoms with E-state index >= 15 is 0 Å². The largest absolute Gasteiger partial charge is 0.506 e. The molecule has 11 nitrogen and oxygen atoms in total. The monoisotopic (exact) mass is 669 g/mol. The number of H-pyrrole nitrogens is 1. The van der Waals surface area contributed by atoms with Crippen molar-refractivity contribution in [3.05, 3.63) is 94.8 Å². The number of amides is 1. The van der Waals surface area contributed by atoms with Crippen molar-refractivity contribution in [3.8, 4) is 16.9 Å². The van der Waals surface area contributed by atoms with Crippen molar-refractivity contribution >= 4 is 28.5 Å². The number of aromatic hydroxyl groups is 1. The zero-order valence-corrected chi connectivity index (χ0v) is 27.8. The van der Waals surface area contributed by atoms with Crippen LogP contribution in [0.15, 0.2) is 83.7 Å². The second-order valence-electron chi connectivity index (χ2n) is 12.5. The van der Waals surface area contributed by atoms with Crippen LogP contribution in [0.3, 0.4) is 0 Å². The minimum absolute atomic E-state index is 0.0334. The molecule has 1 aliphatic rings. The number of phenolic OH excluding ortho intramolecular Hbond substituents is 1. The normalized spacial score (nSPS) is 14.5. The van der Waals surface area contributed by atoms with Gasteiger partial charge >= 0.3 is 6.09 Å². The molecule has 0 radical (unpaired) electrons. The van der Waals surface area contributed by atoms with Gasteiger partial charge < -0.3 is 35.5 Å². The van der Waals surface area contributed by atoms with E-state index in [1.165, 1.54) is 12.1 Å². The van der Waals surface area contributed by atoms with Crippen LogP contribution in [0.5, 0.6) is 5.75 Å². The lowest BCUT2D eigenvalue weighted by Crippen LogP contribution is -2.42. The summed E-state index contributed by atoms with van der Waals surface area (Å²) in [5.74, 6) is 0.168. The number of fused-ring (bicyclic) bond motifs is 1. The highest BCUT2D eigenvalue weighted by Crippen LogP contribution is 2.29. The molecular formula is C38H47N5O6. The number of aliphatic hydroxyl groups excluding tert-OH is 1. The Balaban J connectivity index is 0.880. The number of aromatic amines is 1. The van der Waals surface area contributed by atoms with Gasteiger partial charge in [-0.25, -0.2) is 4.79 Å². The average molecular weight is 670 g/mol. The third-order valence-electron chi connectivity index (χ3n) is 8.90. The Morgan fingerprint density at radius 1 is 0.898 bits per heavy atom. The summed E-state index contributed by atoms with van der Waals surface area (Å²) in [7, 11) is 0. The number of aliphatic hydroxyl groups is 1. The summed E-state index contributed by atoms with van der Waals surface area (Å²) in [5, 5.41) is 30.7. The molecule has 0 aliphatic carbocycles. The molecule has 0 spiro atoms. The molecule has 11 heteroatoms. The molecule has 1 saturated heterocycles. The molecule has 3 aromatic carbocycles. The number of rotatable bonds is 17. The fourth-order valence-corrected chi connectivity index (χ4v) is 6.20. The number of ketones is 1. The van der Waals surface area contributed by atoms with E-state index in [1.54, 1.807) is 12.1 Å². The number of piperidine rings is 1. The van der Waals surface area contributed by atoms with Gasteiger partial charge in [0.05, 0.1) is 23.9 Å². The molecule has 2 heterocycles. The van der Waals surface area contributed by atoms with E-state index in [-0.39, 0.29) is 23.2 Å². The maximum Gasteiger partial charge on any atom is 0.411 e. The Labute approximate surface area is 286 Å². The van der Waals surface area contributed by atoms with Gasteiger partial charge in [0.15, 0.2) is 0 Å². The highest BCUT2D eigenvalue weighted by atomic mass is 16.6. The molecule has 260 valence electrons. The van der Waals surface area contributed by atoms with E-state index in [9.17, 15) is 24.6 Å². The smallest absolute Gasteiger partial charge is 0.411 e. The minimum Gasteiger partial charge on any atom is -0.506 e. The van der Waals surface area contributed by atoms with Crippen LogP contribution in [-0.4, -0.2) is 83.9 Å². The van der Waals surface area contributed by atoms with Gasteiger partial charge in [0.1, 0.15) is 17.6 Å². The Morgan fingerprint density at radius 2 is 1.67 bits per heavy atom. The molecule has 1 aromatic heterocycles. The second kappa shape index (κ2) is 18.3.